The Hall–Kier alpha value is -2.34. The van der Waals surface area contributed by atoms with Crippen LogP contribution in [0.15, 0.2) is 36.5 Å². The lowest BCUT2D eigenvalue weighted by molar-refractivity contribution is 0.313. The zero-order valence-corrected chi connectivity index (χ0v) is 15.4. The summed E-state index contributed by atoms with van der Waals surface area (Å²) in [7, 11) is 2.18. The third kappa shape index (κ3) is 4.39. The van der Waals surface area contributed by atoms with Gasteiger partial charge in [-0.05, 0) is 51.2 Å². The standard InChI is InChI=1S/C19H28N6/c1-4-24(5-2)18-10-11-20-19(22-18)21-16-6-8-17(9-7-16)25-14-12-23(3)13-15-25/h6-11H,4-5,12-15H2,1-3H3,(H,20,21,22). The summed E-state index contributed by atoms with van der Waals surface area (Å²) in [6, 6.07) is 10.5. The zero-order chi connectivity index (χ0) is 17.6. The van der Waals surface area contributed by atoms with Crippen LogP contribution >= 0.6 is 0 Å². The van der Waals surface area contributed by atoms with E-state index in [2.05, 4.69) is 75.1 Å². The first-order valence-electron chi connectivity index (χ1n) is 9.08. The Morgan fingerprint density at radius 3 is 2.32 bits per heavy atom. The first-order chi connectivity index (χ1) is 12.2. The lowest BCUT2D eigenvalue weighted by atomic mass is 10.2. The summed E-state index contributed by atoms with van der Waals surface area (Å²) in [6.07, 6.45) is 1.81. The monoisotopic (exact) mass is 340 g/mol. The molecule has 1 saturated heterocycles. The number of likely N-dealkylation sites (N-methyl/N-ethyl adjacent to an activating group) is 1. The lowest BCUT2D eigenvalue weighted by Gasteiger charge is -2.34. The number of hydrogen-bond acceptors (Lipinski definition) is 6. The predicted octanol–water partition coefficient (Wildman–Crippen LogP) is 2.82. The molecule has 2 heterocycles. The molecule has 0 atom stereocenters. The van der Waals surface area contributed by atoms with Gasteiger partial charge in [-0.25, -0.2) is 4.98 Å². The van der Waals surface area contributed by atoms with Crippen LogP contribution in [-0.4, -0.2) is 61.2 Å². The maximum absolute atomic E-state index is 4.62. The van der Waals surface area contributed by atoms with Crippen molar-refractivity contribution in [2.75, 3.05) is 61.4 Å². The fourth-order valence-electron chi connectivity index (χ4n) is 3.08. The highest BCUT2D eigenvalue weighted by Crippen LogP contribution is 2.21. The molecule has 1 aliphatic heterocycles. The van der Waals surface area contributed by atoms with Gasteiger partial charge in [-0.2, -0.15) is 4.98 Å². The Labute approximate surface area is 150 Å². The second kappa shape index (κ2) is 8.16. The van der Waals surface area contributed by atoms with E-state index in [1.807, 2.05) is 12.3 Å². The smallest absolute Gasteiger partial charge is 0.229 e. The largest absolute Gasteiger partial charge is 0.369 e. The second-order valence-electron chi connectivity index (χ2n) is 6.37. The number of nitrogens with one attached hydrogen (secondary N) is 1. The van der Waals surface area contributed by atoms with Gasteiger partial charge in [0.2, 0.25) is 5.95 Å². The highest BCUT2D eigenvalue weighted by Gasteiger charge is 2.14. The minimum atomic E-state index is 0.636. The molecule has 6 nitrogen and oxygen atoms in total. The van der Waals surface area contributed by atoms with E-state index in [0.717, 1.165) is 50.8 Å². The van der Waals surface area contributed by atoms with Crippen molar-refractivity contribution in [1.82, 2.24) is 14.9 Å². The normalized spacial score (nSPS) is 15.2. The summed E-state index contributed by atoms with van der Waals surface area (Å²) in [5.74, 6) is 1.59. The number of anilines is 4. The van der Waals surface area contributed by atoms with E-state index < -0.39 is 0 Å². The molecule has 1 aromatic heterocycles. The molecule has 1 fully saturated rings. The van der Waals surface area contributed by atoms with Crippen molar-refractivity contribution in [3.8, 4) is 0 Å². The number of piperazine rings is 1. The van der Waals surface area contributed by atoms with Crippen molar-refractivity contribution in [1.29, 1.82) is 0 Å². The first-order valence-corrected chi connectivity index (χ1v) is 9.08. The molecule has 3 rings (SSSR count). The van der Waals surface area contributed by atoms with Gasteiger partial charge in [0.15, 0.2) is 0 Å². The van der Waals surface area contributed by atoms with Crippen LogP contribution < -0.4 is 15.1 Å². The highest BCUT2D eigenvalue weighted by atomic mass is 15.2. The molecule has 0 spiro atoms. The Morgan fingerprint density at radius 2 is 1.68 bits per heavy atom. The van der Waals surface area contributed by atoms with Gasteiger partial charge >= 0.3 is 0 Å². The van der Waals surface area contributed by atoms with E-state index in [4.69, 9.17) is 0 Å². The minimum Gasteiger partial charge on any atom is -0.369 e. The molecule has 0 unspecified atom stereocenters. The molecule has 1 aliphatic rings. The van der Waals surface area contributed by atoms with Gasteiger partial charge in [0.05, 0.1) is 0 Å². The van der Waals surface area contributed by atoms with Crippen LogP contribution in [0.1, 0.15) is 13.8 Å². The minimum absolute atomic E-state index is 0.636. The molecular weight excluding hydrogens is 312 g/mol. The average molecular weight is 340 g/mol. The van der Waals surface area contributed by atoms with Crippen LogP contribution in [0.5, 0.6) is 0 Å². The van der Waals surface area contributed by atoms with Gasteiger partial charge in [0.25, 0.3) is 0 Å². The van der Waals surface area contributed by atoms with Gasteiger partial charge < -0.3 is 20.0 Å². The summed E-state index contributed by atoms with van der Waals surface area (Å²) in [5, 5.41) is 3.31. The molecule has 0 amide bonds. The number of nitrogens with zero attached hydrogens (tertiary/aromatic N) is 5. The third-order valence-electron chi connectivity index (χ3n) is 4.72. The lowest BCUT2D eigenvalue weighted by Crippen LogP contribution is -2.44. The summed E-state index contributed by atoms with van der Waals surface area (Å²) >= 11 is 0. The maximum Gasteiger partial charge on any atom is 0.229 e. The molecule has 6 heteroatoms. The van der Waals surface area contributed by atoms with E-state index in [1.54, 1.807) is 0 Å². The van der Waals surface area contributed by atoms with Crippen molar-refractivity contribution in [2.45, 2.75) is 13.8 Å². The van der Waals surface area contributed by atoms with Crippen molar-refractivity contribution in [2.24, 2.45) is 0 Å². The van der Waals surface area contributed by atoms with Gasteiger partial charge in [0, 0.05) is 56.8 Å². The SMILES string of the molecule is CCN(CC)c1ccnc(Nc2ccc(N3CCN(C)CC3)cc2)n1. The molecule has 1 N–H and O–H groups in total. The molecular formula is C19H28N6. The molecule has 0 saturated carbocycles. The first kappa shape index (κ1) is 17.5. The molecule has 0 bridgehead atoms. The Kier molecular flexibility index (Phi) is 5.71. The van der Waals surface area contributed by atoms with Gasteiger partial charge in [-0.3, -0.25) is 0 Å². The summed E-state index contributed by atoms with van der Waals surface area (Å²) < 4.78 is 0. The van der Waals surface area contributed by atoms with Crippen LogP contribution in [0, 0.1) is 0 Å². The van der Waals surface area contributed by atoms with Crippen LogP contribution in [-0.2, 0) is 0 Å². The van der Waals surface area contributed by atoms with Crippen LogP contribution in [0.2, 0.25) is 0 Å². The van der Waals surface area contributed by atoms with E-state index in [1.165, 1.54) is 5.69 Å². The Balaban J connectivity index is 1.66. The molecule has 1 aromatic carbocycles. The van der Waals surface area contributed by atoms with Gasteiger partial charge in [0.1, 0.15) is 5.82 Å². The summed E-state index contributed by atoms with van der Waals surface area (Å²) in [6.45, 7) is 10.5. The predicted molar refractivity (Wildman–Crippen MR) is 105 cm³/mol. The van der Waals surface area contributed by atoms with Crippen molar-refractivity contribution < 1.29 is 0 Å². The number of aromatic nitrogens is 2. The Bertz CT molecular complexity index is 660. The summed E-state index contributed by atoms with van der Waals surface area (Å²) in [4.78, 5) is 16.0. The molecule has 2 aromatic rings. The molecule has 0 radical (unpaired) electrons. The Morgan fingerprint density at radius 1 is 1.00 bits per heavy atom. The van der Waals surface area contributed by atoms with Gasteiger partial charge in [-0.1, -0.05) is 0 Å². The number of hydrogen-bond donors (Lipinski definition) is 1. The van der Waals surface area contributed by atoms with Crippen molar-refractivity contribution in [3.63, 3.8) is 0 Å². The fraction of sp³-hybridized carbons (Fsp3) is 0.474. The van der Waals surface area contributed by atoms with E-state index in [-0.39, 0.29) is 0 Å². The van der Waals surface area contributed by atoms with E-state index in [0.29, 0.717) is 5.95 Å². The zero-order valence-electron chi connectivity index (χ0n) is 15.4. The number of rotatable bonds is 6. The maximum atomic E-state index is 4.62. The average Bonchev–Trinajstić information content (AvgIpc) is 2.65. The van der Waals surface area contributed by atoms with Crippen LogP contribution in [0.25, 0.3) is 0 Å². The summed E-state index contributed by atoms with van der Waals surface area (Å²) in [5.41, 5.74) is 2.28. The highest BCUT2D eigenvalue weighted by molar-refractivity contribution is 5.60. The van der Waals surface area contributed by atoms with Gasteiger partial charge in [-0.15, -0.1) is 0 Å². The second-order valence-corrected chi connectivity index (χ2v) is 6.37. The van der Waals surface area contributed by atoms with Crippen LogP contribution in [0.4, 0.5) is 23.1 Å². The van der Waals surface area contributed by atoms with Crippen molar-refractivity contribution >= 4 is 23.1 Å². The molecule has 0 aliphatic carbocycles. The topological polar surface area (TPSA) is 47.5 Å². The van der Waals surface area contributed by atoms with E-state index >= 15 is 0 Å². The third-order valence-corrected chi connectivity index (χ3v) is 4.72. The quantitative estimate of drug-likeness (QED) is 0.872. The van der Waals surface area contributed by atoms with E-state index in [9.17, 15) is 0 Å². The fourth-order valence-corrected chi connectivity index (χ4v) is 3.08. The number of benzene rings is 1. The molecule has 25 heavy (non-hydrogen) atoms. The van der Waals surface area contributed by atoms with Crippen molar-refractivity contribution in [3.05, 3.63) is 36.5 Å². The van der Waals surface area contributed by atoms with Crippen LogP contribution in [0.3, 0.4) is 0 Å². The molecule has 134 valence electrons.